The van der Waals surface area contributed by atoms with Crippen molar-refractivity contribution in [2.45, 2.75) is 12.8 Å². The SMILES string of the molecule is COc1cc(NC(=O)NCC2CCN(C(=O)Oc3ccccc3)CC2)cc(OC)c1. The van der Waals surface area contributed by atoms with E-state index in [2.05, 4.69) is 10.6 Å². The van der Waals surface area contributed by atoms with Gasteiger partial charge >= 0.3 is 12.1 Å². The van der Waals surface area contributed by atoms with Gasteiger partial charge in [0.25, 0.3) is 0 Å². The largest absolute Gasteiger partial charge is 0.497 e. The van der Waals surface area contributed by atoms with Crippen molar-refractivity contribution in [2.24, 2.45) is 5.92 Å². The van der Waals surface area contributed by atoms with E-state index in [1.807, 2.05) is 18.2 Å². The first-order chi connectivity index (χ1) is 14.6. The highest BCUT2D eigenvalue weighted by atomic mass is 16.6. The maximum atomic E-state index is 12.3. The molecule has 2 N–H and O–H groups in total. The number of ether oxygens (including phenoxy) is 3. The van der Waals surface area contributed by atoms with Crippen molar-refractivity contribution in [3.63, 3.8) is 0 Å². The second-order valence-corrected chi connectivity index (χ2v) is 7.05. The van der Waals surface area contributed by atoms with Gasteiger partial charge in [-0.05, 0) is 30.9 Å². The Labute approximate surface area is 176 Å². The number of anilines is 1. The molecule has 3 rings (SSSR count). The summed E-state index contributed by atoms with van der Waals surface area (Å²) in [6.45, 7) is 1.74. The third-order valence-corrected chi connectivity index (χ3v) is 4.98. The zero-order valence-corrected chi connectivity index (χ0v) is 17.2. The van der Waals surface area contributed by atoms with E-state index in [1.54, 1.807) is 49.5 Å². The number of benzene rings is 2. The predicted octanol–water partition coefficient (Wildman–Crippen LogP) is 3.74. The monoisotopic (exact) mass is 413 g/mol. The number of carbonyl (C=O) groups is 2. The summed E-state index contributed by atoms with van der Waals surface area (Å²) in [5, 5.41) is 5.68. The molecule has 0 atom stereocenters. The number of urea groups is 1. The Bertz CT molecular complexity index is 829. The molecule has 0 radical (unpaired) electrons. The van der Waals surface area contributed by atoms with E-state index < -0.39 is 0 Å². The Balaban J connectivity index is 1.41. The third-order valence-electron chi connectivity index (χ3n) is 4.98. The van der Waals surface area contributed by atoms with Crippen LogP contribution in [0.25, 0.3) is 0 Å². The molecule has 1 heterocycles. The molecule has 1 aliphatic rings. The van der Waals surface area contributed by atoms with Crippen LogP contribution in [0.5, 0.6) is 17.2 Å². The topological polar surface area (TPSA) is 89.1 Å². The lowest BCUT2D eigenvalue weighted by Gasteiger charge is -2.31. The van der Waals surface area contributed by atoms with Crippen LogP contribution in [0, 0.1) is 5.92 Å². The summed E-state index contributed by atoms with van der Waals surface area (Å²) in [6, 6.07) is 13.9. The van der Waals surface area contributed by atoms with Crippen LogP contribution in [0.1, 0.15) is 12.8 Å². The molecule has 2 aromatic rings. The number of carbonyl (C=O) groups excluding carboxylic acids is 2. The Morgan fingerprint density at radius 2 is 1.60 bits per heavy atom. The molecule has 160 valence electrons. The van der Waals surface area contributed by atoms with Crippen molar-refractivity contribution in [1.29, 1.82) is 0 Å². The number of rotatable bonds is 6. The lowest BCUT2D eigenvalue weighted by molar-refractivity contribution is 0.130. The van der Waals surface area contributed by atoms with Crippen LogP contribution in [-0.2, 0) is 0 Å². The second-order valence-electron chi connectivity index (χ2n) is 7.05. The Morgan fingerprint density at radius 3 is 2.20 bits per heavy atom. The maximum absolute atomic E-state index is 12.3. The summed E-state index contributed by atoms with van der Waals surface area (Å²) in [7, 11) is 3.11. The summed E-state index contributed by atoms with van der Waals surface area (Å²) in [5.41, 5.74) is 0.585. The zero-order chi connectivity index (χ0) is 21.3. The maximum Gasteiger partial charge on any atom is 0.415 e. The van der Waals surface area contributed by atoms with Gasteiger partial charge < -0.3 is 29.7 Å². The molecule has 0 spiro atoms. The minimum Gasteiger partial charge on any atom is -0.497 e. The summed E-state index contributed by atoms with van der Waals surface area (Å²) in [5.74, 6) is 2.03. The quantitative estimate of drug-likeness (QED) is 0.753. The number of hydrogen-bond donors (Lipinski definition) is 2. The number of nitrogens with zero attached hydrogens (tertiary/aromatic N) is 1. The molecule has 0 unspecified atom stereocenters. The Morgan fingerprint density at radius 1 is 0.967 bits per heavy atom. The van der Waals surface area contributed by atoms with Crippen LogP contribution >= 0.6 is 0 Å². The number of hydrogen-bond acceptors (Lipinski definition) is 5. The van der Waals surface area contributed by atoms with Gasteiger partial charge in [0.1, 0.15) is 17.2 Å². The van der Waals surface area contributed by atoms with Crippen LogP contribution in [0.2, 0.25) is 0 Å². The summed E-state index contributed by atoms with van der Waals surface area (Å²) in [4.78, 5) is 26.2. The molecule has 2 aromatic carbocycles. The van der Waals surface area contributed by atoms with Gasteiger partial charge in [0.05, 0.1) is 14.2 Å². The molecule has 1 saturated heterocycles. The normalized spacial score (nSPS) is 14.0. The van der Waals surface area contributed by atoms with E-state index >= 15 is 0 Å². The molecule has 3 amide bonds. The number of amides is 3. The smallest absolute Gasteiger partial charge is 0.415 e. The molecule has 0 aromatic heterocycles. The second kappa shape index (κ2) is 10.4. The third kappa shape index (κ3) is 6.04. The number of nitrogens with one attached hydrogen (secondary N) is 2. The van der Waals surface area contributed by atoms with Crippen LogP contribution in [-0.4, -0.2) is 50.9 Å². The van der Waals surface area contributed by atoms with E-state index in [9.17, 15) is 9.59 Å². The molecule has 0 saturated carbocycles. The van der Waals surface area contributed by atoms with Gasteiger partial charge in [-0.2, -0.15) is 0 Å². The van der Waals surface area contributed by atoms with Crippen LogP contribution in [0.4, 0.5) is 15.3 Å². The van der Waals surface area contributed by atoms with Crippen molar-refractivity contribution >= 4 is 17.8 Å². The lowest BCUT2D eigenvalue weighted by atomic mass is 9.97. The van der Waals surface area contributed by atoms with Gasteiger partial charge in [-0.1, -0.05) is 18.2 Å². The lowest BCUT2D eigenvalue weighted by Crippen LogP contribution is -2.43. The van der Waals surface area contributed by atoms with E-state index in [0.717, 1.165) is 12.8 Å². The Hall–Kier alpha value is -3.42. The molecule has 8 nitrogen and oxygen atoms in total. The van der Waals surface area contributed by atoms with E-state index in [1.165, 1.54) is 0 Å². The fourth-order valence-corrected chi connectivity index (χ4v) is 3.27. The first-order valence-electron chi connectivity index (χ1n) is 9.87. The number of piperidine rings is 1. The molecule has 0 aliphatic carbocycles. The Kier molecular flexibility index (Phi) is 7.37. The van der Waals surface area contributed by atoms with Gasteiger partial charge in [-0.3, -0.25) is 0 Å². The summed E-state index contributed by atoms with van der Waals surface area (Å²) in [6.07, 6.45) is 1.27. The highest BCUT2D eigenvalue weighted by molar-refractivity contribution is 5.89. The fraction of sp³-hybridized carbons (Fsp3) is 0.364. The number of methoxy groups -OCH3 is 2. The first kappa shape index (κ1) is 21.3. The molecule has 1 aliphatic heterocycles. The average Bonchev–Trinajstić information content (AvgIpc) is 2.78. The molecule has 8 heteroatoms. The van der Waals surface area contributed by atoms with E-state index in [-0.39, 0.29) is 12.1 Å². The zero-order valence-electron chi connectivity index (χ0n) is 17.2. The number of para-hydroxylation sites is 1. The van der Waals surface area contributed by atoms with E-state index in [0.29, 0.717) is 48.5 Å². The van der Waals surface area contributed by atoms with Gasteiger partial charge in [0.15, 0.2) is 0 Å². The minimum atomic E-state index is -0.336. The van der Waals surface area contributed by atoms with Crippen molar-refractivity contribution in [2.75, 3.05) is 39.2 Å². The molecular weight excluding hydrogens is 386 g/mol. The van der Waals surface area contributed by atoms with Crippen molar-refractivity contribution in [1.82, 2.24) is 10.2 Å². The van der Waals surface area contributed by atoms with Crippen LogP contribution < -0.4 is 24.8 Å². The first-order valence-corrected chi connectivity index (χ1v) is 9.87. The molecule has 1 fully saturated rings. The highest BCUT2D eigenvalue weighted by Gasteiger charge is 2.24. The fourth-order valence-electron chi connectivity index (χ4n) is 3.27. The van der Waals surface area contributed by atoms with Gasteiger partial charge in [0.2, 0.25) is 0 Å². The van der Waals surface area contributed by atoms with Gasteiger partial charge in [-0.25, -0.2) is 9.59 Å². The van der Waals surface area contributed by atoms with Crippen molar-refractivity contribution < 1.29 is 23.8 Å². The standard InChI is InChI=1S/C22H27N3O5/c1-28-19-12-17(13-20(14-19)29-2)24-21(26)23-15-16-8-10-25(11-9-16)22(27)30-18-6-4-3-5-7-18/h3-7,12-14,16H,8-11,15H2,1-2H3,(H2,23,24,26). The van der Waals surface area contributed by atoms with Crippen molar-refractivity contribution in [3.05, 3.63) is 48.5 Å². The van der Waals surface area contributed by atoms with Gasteiger partial charge in [-0.15, -0.1) is 0 Å². The molecule has 0 bridgehead atoms. The minimum absolute atomic E-state index is 0.295. The molecule has 30 heavy (non-hydrogen) atoms. The van der Waals surface area contributed by atoms with Crippen LogP contribution in [0.15, 0.2) is 48.5 Å². The number of likely N-dealkylation sites (tertiary alicyclic amines) is 1. The highest BCUT2D eigenvalue weighted by Crippen LogP contribution is 2.25. The van der Waals surface area contributed by atoms with Crippen LogP contribution in [0.3, 0.4) is 0 Å². The van der Waals surface area contributed by atoms with Gasteiger partial charge in [0, 0.05) is 43.5 Å². The predicted molar refractivity (Wildman–Crippen MR) is 113 cm³/mol. The van der Waals surface area contributed by atoms with Crippen molar-refractivity contribution in [3.8, 4) is 17.2 Å². The van der Waals surface area contributed by atoms with E-state index in [4.69, 9.17) is 14.2 Å². The summed E-state index contributed by atoms with van der Waals surface area (Å²) < 4.78 is 15.8. The average molecular weight is 413 g/mol. The summed E-state index contributed by atoms with van der Waals surface area (Å²) >= 11 is 0. The molecular formula is C22H27N3O5.